The van der Waals surface area contributed by atoms with Crippen molar-refractivity contribution in [2.45, 2.75) is 31.5 Å². The molecule has 4 atom stereocenters. The van der Waals surface area contributed by atoms with Crippen LogP contribution in [0.1, 0.15) is 52.6 Å². The summed E-state index contributed by atoms with van der Waals surface area (Å²) in [6, 6.07) is 24.5. The maximum atomic E-state index is 14.2. The summed E-state index contributed by atoms with van der Waals surface area (Å²) in [5.41, 5.74) is 2.51. The SMILES string of the molecule is C#Cc1ccc(NC(=O)c2ccccc2C(=O)OCC(O)CN2C(=O)N(CC(O)COC(=O)c3ccccc3C(=O)Nc3ccc(C)cc3)C3C2N(CC=C)C(=O)N3CC=C)cc1. The second kappa shape index (κ2) is 20.2. The summed E-state index contributed by atoms with van der Waals surface area (Å²) in [6.45, 7) is 7.40. The van der Waals surface area contributed by atoms with Gasteiger partial charge in [-0.3, -0.25) is 29.2 Å². The lowest BCUT2D eigenvalue weighted by molar-refractivity contribution is 0.0110. The number of terminal acetylenes is 1. The number of nitrogens with one attached hydrogen (secondary N) is 2. The molecular weight excluding hydrogens is 809 g/mol. The van der Waals surface area contributed by atoms with E-state index in [0.717, 1.165) is 5.56 Å². The third kappa shape index (κ3) is 10.2. The number of β-amino-alcohol motifs (C(OH)–C–C–N with tert-alkyl or cyclic N) is 2. The van der Waals surface area contributed by atoms with Crippen LogP contribution in [0.4, 0.5) is 21.0 Å². The number of carbonyl (C=O) groups is 6. The zero-order valence-corrected chi connectivity index (χ0v) is 34.4. The maximum Gasteiger partial charge on any atom is 0.339 e. The molecular formula is C47H46N6O10. The fraction of sp³-hybridized carbons (Fsp3) is 0.234. The van der Waals surface area contributed by atoms with Crippen LogP contribution < -0.4 is 10.6 Å². The number of nitrogens with zero attached hydrogens (tertiary/aromatic N) is 4. The number of aliphatic hydroxyl groups is 2. The lowest BCUT2D eigenvalue weighted by Crippen LogP contribution is -2.50. The molecule has 2 heterocycles. The molecule has 324 valence electrons. The normalized spacial score (nSPS) is 16.4. The topological polar surface area (TPSA) is 198 Å². The van der Waals surface area contributed by atoms with Gasteiger partial charge in [-0.25, -0.2) is 19.2 Å². The van der Waals surface area contributed by atoms with Gasteiger partial charge in [0.2, 0.25) is 0 Å². The number of anilines is 2. The molecule has 16 nitrogen and oxygen atoms in total. The van der Waals surface area contributed by atoms with Crippen molar-refractivity contribution in [3.05, 3.63) is 156 Å². The van der Waals surface area contributed by atoms with E-state index in [4.69, 9.17) is 15.9 Å². The maximum absolute atomic E-state index is 14.2. The van der Waals surface area contributed by atoms with E-state index in [1.807, 2.05) is 19.1 Å². The van der Waals surface area contributed by atoms with Crippen LogP contribution in [0, 0.1) is 19.3 Å². The molecule has 6 amide bonds. The average molecular weight is 855 g/mol. The molecule has 2 saturated heterocycles. The Bertz CT molecular complexity index is 2430. The van der Waals surface area contributed by atoms with Crippen LogP contribution >= 0.6 is 0 Å². The summed E-state index contributed by atoms with van der Waals surface area (Å²) in [7, 11) is 0. The van der Waals surface area contributed by atoms with Gasteiger partial charge in [0.25, 0.3) is 11.8 Å². The highest BCUT2D eigenvalue weighted by Gasteiger charge is 2.59. The first-order valence-electron chi connectivity index (χ1n) is 19.9. The Morgan fingerprint density at radius 3 is 1.43 bits per heavy atom. The van der Waals surface area contributed by atoms with E-state index < -0.39 is 86.7 Å². The minimum Gasteiger partial charge on any atom is -0.459 e. The van der Waals surface area contributed by atoms with E-state index in [0.29, 0.717) is 16.9 Å². The molecule has 0 radical (unpaired) electrons. The second-order valence-electron chi connectivity index (χ2n) is 14.7. The van der Waals surface area contributed by atoms with Gasteiger partial charge in [0.15, 0.2) is 0 Å². The number of esters is 2. The molecule has 0 bridgehead atoms. The lowest BCUT2D eigenvalue weighted by Gasteiger charge is -2.30. The molecule has 4 N–H and O–H groups in total. The summed E-state index contributed by atoms with van der Waals surface area (Å²) < 4.78 is 10.9. The second-order valence-corrected chi connectivity index (χ2v) is 14.7. The first kappa shape index (κ1) is 44.8. The molecule has 2 aliphatic heterocycles. The summed E-state index contributed by atoms with van der Waals surface area (Å²) in [6.07, 6.45) is 3.42. The van der Waals surface area contributed by atoms with Crippen LogP contribution in [0.15, 0.2) is 122 Å². The number of rotatable bonds is 18. The van der Waals surface area contributed by atoms with Crippen LogP contribution in [0.25, 0.3) is 0 Å². The van der Waals surface area contributed by atoms with Gasteiger partial charge >= 0.3 is 24.0 Å². The van der Waals surface area contributed by atoms with Gasteiger partial charge in [-0.05, 0) is 67.6 Å². The number of aryl methyl sites for hydroxylation is 1. The van der Waals surface area contributed by atoms with E-state index >= 15 is 0 Å². The highest BCUT2D eigenvalue weighted by atomic mass is 16.5. The number of aliphatic hydroxyl groups excluding tert-OH is 2. The van der Waals surface area contributed by atoms with Gasteiger partial charge in [0.05, 0.1) is 35.3 Å². The fourth-order valence-corrected chi connectivity index (χ4v) is 7.25. The molecule has 16 heteroatoms. The number of carbonyl (C=O) groups excluding carboxylic acids is 6. The third-order valence-electron chi connectivity index (χ3n) is 10.2. The van der Waals surface area contributed by atoms with E-state index in [2.05, 4.69) is 29.7 Å². The smallest absolute Gasteiger partial charge is 0.339 e. The van der Waals surface area contributed by atoms with Crippen LogP contribution in [0.3, 0.4) is 0 Å². The Kier molecular flexibility index (Phi) is 14.4. The monoisotopic (exact) mass is 854 g/mol. The highest BCUT2D eigenvalue weighted by Crippen LogP contribution is 2.35. The summed E-state index contributed by atoms with van der Waals surface area (Å²) >= 11 is 0. The number of benzene rings is 4. The molecule has 4 aromatic rings. The van der Waals surface area contributed by atoms with Crippen molar-refractivity contribution in [1.29, 1.82) is 0 Å². The van der Waals surface area contributed by atoms with Crippen LogP contribution in [0.5, 0.6) is 0 Å². The predicted octanol–water partition coefficient (Wildman–Crippen LogP) is 4.72. The summed E-state index contributed by atoms with van der Waals surface area (Å²) in [4.78, 5) is 86.1. The van der Waals surface area contributed by atoms with Crippen molar-refractivity contribution in [3.8, 4) is 12.3 Å². The van der Waals surface area contributed by atoms with Gasteiger partial charge in [-0.2, -0.15) is 0 Å². The first-order chi connectivity index (χ1) is 30.3. The van der Waals surface area contributed by atoms with E-state index in [1.54, 1.807) is 60.7 Å². The quantitative estimate of drug-likeness (QED) is 0.0618. The first-order valence-corrected chi connectivity index (χ1v) is 19.9. The Hall–Kier alpha value is -7.74. The number of ether oxygens (including phenoxy) is 2. The largest absolute Gasteiger partial charge is 0.459 e. The molecule has 2 aliphatic rings. The van der Waals surface area contributed by atoms with E-state index in [1.165, 1.54) is 56.0 Å². The minimum atomic E-state index is -1.47. The van der Waals surface area contributed by atoms with Crippen molar-refractivity contribution >= 4 is 47.2 Å². The number of amides is 6. The molecule has 4 aromatic carbocycles. The zero-order valence-electron chi connectivity index (χ0n) is 34.4. The molecule has 0 spiro atoms. The van der Waals surface area contributed by atoms with Gasteiger partial charge in [0.1, 0.15) is 37.8 Å². The molecule has 0 saturated carbocycles. The lowest BCUT2D eigenvalue weighted by atomic mass is 10.1. The minimum absolute atomic E-state index is 0.00937. The summed E-state index contributed by atoms with van der Waals surface area (Å²) in [5, 5.41) is 27.9. The third-order valence-corrected chi connectivity index (χ3v) is 10.2. The highest BCUT2D eigenvalue weighted by molar-refractivity contribution is 6.12. The van der Waals surface area contributed by atoms with Gasteiger partial charge < -0.3 is 30.3 Å². The van der Waals surface area contributed by atoms with Crippen LogP contribution in [0.2, 0.25) is 0 Å². The standard InChI is InChI=1S/C47H46N6O10/c1-5-24-50-42-43(51(25-6-2)46(50)60)53(27-35(55)29-63-45(59)39-15-11-9-13-37(39)41(57)49-33-22-18-31(7-3)19-23-33)47(61)52(42)26-34(54)28-62-44(58)38-14-10-8-12-36(38)40(56)48-32-20-16-30(4)17-21-32/h3,5-6,8-23,34-35,42-43,54-55H,1-2,24-29H2,4H3,(H,48,56)(H,49,57). The molecule has 63 heavy (non-hydrogen) atoms. The Morgan fingerprint density at radius 1 is 0.651 bits per heavy atom. The van der Waals surface area contributed by atoms with Crippen LogP contribution in [-0.2, 0) is 9.47 Å². The Morgan fingerprint density at radius 2 is 1.03 bits per heavy atom. The number of fused-ring (bicyclic) bond motifs is 1. The molecule has 0 aromatic heterocycles. The summed E-state index contributed by atoms with van der Waals surface area (Å²) in [5.74, 6) is -0.458. The average Bonchev–Trinajstić information content (AvgIpc) is 3.70. The molecule has 4 unspecified atom stereocenters. The van der Waals surface area contributed by atoms with E-state index in [-0.39, 0.29) is 35.3 Å². The Balaban J connectivity index is 1.12. The van der Waals surface area contributed by atoms with Gasteiger partial charge in [0, 0.05) is 30.0 Å². The zero-order chi connectivity index (χ0) is 45.2. The molecule has 2 fully saturated rings. The van der Waals surface area contributed by atoms with Gasteiger partial charge in [-0.15, -0.1) is 19.6 Å². The molecule has 0 aliphatic carbocycles. The number of urea groups is 2. The van der Waals surface area contributed by atoms with Crippen molar-refractivity contribution in [2.24, 2.45) is 0 Å². The predicted molar refractivity (Wildman–Crippen MR) is 233 cm³/mol. The van der Waals surface area contributed by atoms with Crippen molar-refractivity contribution < 1.29 is 48.5 Å². The number of hydrogen-bond acceptors (Lipinski definition) is 10. The van der Waals surface area contributed by atoms with E-state index in [9.17, 15) is 39.0 Å². The van der Waals surface area contributed by atoms with Gasteiger partial charge in [-0.1, -0.05) is 60.0 Å². The Labute approximate surface area is 364 Å². The van der Waals surface area contributed by atoms with Crippen LogP contribution in [-0.4, -0.2) is 130 Å². The number of hydrogen-bond donors (Lipinski definition) is 4. The molecule has 6 rings (SSSR count). The van der Waals surface area contributed by atoms with Crippen molar-refractivity contribution in [3.63, 3.8) is 0 Å². The fourth-order valence-electron chi connectivity index (χ4n) is 7.25. The van der Waals surface area contributed by atoms with Crippen molar-refractivity contribution in [1.82, 2.24) is 19.6 Å². The van der Waals surface area contributed by atoms with Crippen molar-refractivity contribution in [2.75, 3.05) is 50.0 Å².